The molecule has 1 amide bonds. The molecular weight excluding hydrogens is 180 g/mol. The third-order valence-corrected chi connectivity index (χ3v) is 2.53. The van der Waals surface area contributed by atoms with E-state index in [4.69, 9.17) is 10.5 Å². The van der Waals surface area contributed by atoms with Gasteiger partial charge in [-0.3, -0.25) is 4.79 Å². The molecule has 0 radical (unpaired) electrons. The summed E-state index contributed by atoms with van der Waals surface area (Å²) in [7, 11) is 0. The van der Waals surface area contributed by atoms with Gasteiger partial charge in [0.05, 0.1) is 12.6 Å². The van der Waals surface area contributed by atoms with Crippen LogP contribution in [0.3, 0.4) is 0 Å². The average molecular weight is 200 g/mol. The van der Waals surface area contributed by atoms with Gasteiger partial charge in [0, 0.05) is 19.1 Å². The van der Waals surface area contributed by atoms with Gasteiger partial charge in [-0.1, -0.05) is 13.3 Å². The van der Waals surface area contributed by atoms with E-state index in [1.807, 2.05) is 6.92 Å². The van der Waals surface area contributed by atoms with E-state index in [1.54, 1.807) is 0 Å². The molecule has 0 aliphatic carbocycles. The van der Waals surface area contributed by atoms with Gasteiger partial charge < -0.3 is 15.8 Å². The maximum Gasteiger partial charge on any atom is 0.236 e. The molecule has 4 heteroatoms. The third-order valence-electron chi connectivity index (χ3n) is 2.53. The molecule has 3 N–H and O–H groups in total. The number of nitrogens with two attached hydrogens (primary N) is 1. The molecule has 1 rings (SSSR count). The number of hydrogen-bond acceptors (Lipinski definition) is 3. The quantitative estimate of drug-likeness (QED) is 0.669. The molecule has 1 aliphatic heterocycles. The summed E-state index contributed by atoms with van der Waals surface area (Å²) in [5.74, 6) is 0.450. The second-order valence-corrected chi connectivity index (χ2v) is 3.87. The smallest absolute Gasteiger partial charge is 0.236 e. The van der Waals surface area contributed by atoms with Crippen LogP contribution in [0.2, 0.25) is 0 Å². The van der Waals surface area contributed by atoms with E-state index in [0.717, 1.165) is 32.5 Å². The van der Waals surface area contributed by atoms with Crippen LogP contribution < -0.4 is 11.1 Å². The van der Waals surface area contributed by atoms with Crippen molar-refractivity contribution in [2.45, 2.75) is 32.2 Å². The summed E-state index contributed by atoms with van der Waals surface area (Å²) in [5, 5.41) is 2.87. The zero-order valence-corrected chi connectivity index (χ0v) is 8.79. The fraction of sp³-hybridized carbons (Fsp3) is 0.900. The maximum atomic E-state index is 11.4. The van der Waals surface area contributed by atoms with Gasteiger partial charge in [0.1, 0.15) is 0 Å². The molecule has 0 aromatic rings. The van der Waals surface area contributed by atoms with E-state index in [2.05, 4.69) is 5.32 Å². The van der Waals surface area contributed by atoms with Crippen molar-refractivity contribution in [1.82, 2.24) is 5.32 Å². The molecule has 1 saturated heterocycles. The first kappa shape index (κ1) is 11.5. The molecule has 0 saturated carbocycles. The highest BCUT2D eigenvalue weighted by Gasteiger charge is 2.18. The van der Waals surface area contributed by atoms with Gasteiger partial charge in [-0.25, -0.2) is 0 Å². The Morgan fingerprint density at radius 3 is 3.07 bits per heavy atom. The molecule has 0 bridgehead atoms. The largest absolute Gasteiger partial charge is 0.381 e. The molecule has 2 unspecified atom stereocenters. The fourth-order valence-corrected chi connectivity index (χ4v) is 1.56. The van der Waals surface area contributed by atoms with Crippen LogP contribution in [0.15, 0.2) is 0 Å². The van der Waals surface area contributed by atoms with Crippen LogP contribution >= 0.6 is 0 Å². The van der Waals surface area contributed by atoms with Gasteiger partial charge in [-0.2, -0.15) is 0 Å². The molecule has 82 valence electrons. The summed E-state index contributed by atoms with van der Waals surface area (Å²) < 4.78 is 5.21. The van der Waals surface area contributed by atoms with E-state index in [9.17, 15) is 4.79 Å². The van der Waals surface area contributed by atoms with Crippen molar-refractivity contribution in [1.29, 1.82) is 0 Å². The Morgan fingerprint density at radius 2 is 2.50 bits per heavy atom. The molecule has 1 aliphatic rings. The SMILES string of the molecule is CCCC(N)C(=O)NCC1CCOC1. The number of nitrogens with one attached hydrogen (secondary N) is 1. The molecule has 1 heterocycles. The average Bonchev–Trinajstić information content (AvgIpc) is 2.67. The van der Waals surface area contributed by atoms with Gasteiger partial charge in [0.15, 0.2) is 0 Å². The second-order valence-electron chi connectivity index (χ2n) is 3.87. The van der Waals surface area contributed by atoms with Gasteiger partial charge in [0.2, 0.25) is 5.91 Å². The van der Waals surface area contributed by atoms with E-state index in [0.29, 0.717) is 12.5 Å². The third kappa shape index (κ3) is 3.64. The summed E-state index contributed by atoms with van der Waals surface area (Å²) in [6.07, 6.45) is 2.75. The standard InChI is InChI=1S/C10H20N2O2/c1-2-3-9(11)10(13)12-6-8-4-5-14-7-8/h8-9H,2-7,11H2,1H3,(H,12,13). The number of ether oxygens (including phenoxy) is 1. The first-order chi connectivity index (χ1) is 6.74. The lowest BCUT2D eigenvalue weighted by Crippen LogP contribution is -2.42. The molecule has 1 fully saturated rings. The normalized spacial score (nSPS) is 23.4. The fourth-order valence-electron chi connectivity index (χ4n) is 1.56. The van der Waals surface area contributed by atoms with Gasteiger partial charge in [-0.05, 0) is 12.8 Å². The minimum absolute atomic E-state index is 0.0289. The number of rotatable bonds is 5. The van der Waals surface area contributed by atoms with Crippen LogP contribution in [0.1, 0.15) is 26.2 Å². The first-order valence-corrected chi connectivity index (χ1v) is 5.35. The van der Waals surface area contributed by atoms with Crippen molar-refractivity contribution in [2.75, 3.05) is 19.8 Å². The topological polar surface area (TPSA) is 64.4 Å². The lowest BCUT2D eigenvalue weighted by atomic mass is 10.1. The molecule has 4 nitrogen and oxygen atoms in total. The first-order valence-electron chi connectivity index (χ1n) is 5.35. The van der Waals surface area contributed by atoms with Crippen LogP contribution in [0, 0.1) is 5.92 Å². The van der Waals surface area contributed by atoms with E-state index >= 15 is 0 Å². The Kier molecular flexibility index (Phi) is 4.90. The minimum atomic E-state index is -0.345. The zero-order chi connectivity index (χ0) is 10.4. The summed E-state index contributed by atoms with van der Waals surface area (Å²) in [6, 6.07) is -0.345. The number of hydrogen-bond donors (Lipinski definition) is 2. The number of carbonyl (C=O) groups excluding carboxylic acids is 1. The van der Waals surface area contributed by atoms with Crippen molar-refractivity contribution in [3.8, 4) is 0 Å². The van der Waals surface area contributed by atoms with Gasteiger partial charge in [0.25, 0.3) is 0 Å². The maximum absolute atomic E-state index is 11.4. The lowest BCUT2D eigenvalue weighted by Gasteiger charge is -2.13. The van der Waals surface area contributed by atoms with Gasteiger partial charge in [-0.15, -0.1) is 0 Å². The minimum Gasteiger partial charge on any atom is -0.381 e. The van der Waals surface area contributed by atoms with E-state index < -0.39 is 0 Å². The van der Waals surface area contributed by atoms with Crippen molar-refractivity contribution in [3.63, 3.8) is 0 Å². The van der Waals surface area contributed by atoms with Crippen LogP contribution in [-0.4, -0.2) is 31.7 Å². The van der Waals surface area contributed by atoms with Crippen molar-refractivity contribution in [2.24, 2.45) is 11.7 Å². The van der Waals surface area contributed by atoms with Crippen LogP contribution in [-0.2, 0) is 9.53 Å². The summed E-state index contributed by atoms with van der Waals surface area (Å²) in [4.78, 5) is 11.4. The Labute approximate surface area is 85.2 Å². The van der Waals surface area contributed by atoms with Gasteiger partial charge >= 0.3 is 0 Å². The molecule has 14 heavy (non-hydrogen) atoms. The predicted octanol–water partition coefficient (Wildman–Crippen LogP) is 0.267. The molecule has 2 atom stereocenters. The van der Waals surface area contributed by atoms with Crippen LogP contribution in [0.5, 0.6) is 0 Å². The molecular formula is C10H20N2O2. The lowest BCUT2D eigenvalue weighted by molar-refractivity contribution is -0.122. The highest BCUT2D eigenvalue weighted by atomic mass is 16.5. The van der Waals surface area contributed by atoms with E-state index in [1.165, 1.54) is 0 Å². The van der Waals surface area contributed by atoms with Crippen molar-refractivity contribution < 1.29 is 9.53 Å². The highest BCUT2D eigenvalue weighted by Crippen LogP contribution is 2.10. The Hall–Kier alpha value is -0.610. The second kappa shape index (κ2) is 5.98. The number of amides is 1. The predicted molar refractivity (Wildman–Crippen MR) is 54.8 cm³/mol. The molecule has 0 aromatic carbocycles. The molecule has 0 aromatic heterocycles. The Morgan fingerprint density at radius 1 is 1.71 bits per heavy atom. The zero-order valence-electron chi connectivity index (χ0n) is 8.79. The van der Waals surface area contributed by atoms with Crippen molar-refractivity contribution in [3.05, 3.63) is 0 Å². The van der Waals surface area contributed by atoms with Crippen LogP contribution in [0.25, 0.3) is 0 Å². The monoisotopic (exact) mass is 200 g/mol. The number of carbonyl (C=O) groups is 1. The van der Waals surface area contributed by atoms with E-state index in [-0.39, 0.29) is 11.9 Å². The summed E-state index contributed by atoms with van der Waals surface area (Å²) >= 11 is 0. The van der Waals surface area contributed by atoms with Crippen LogP contribution in [0.4, 0.5) is 0 Å². The summed E-state index contributed by atoms with van der Waals surface area (Å²) in [5.41, 5.74) is 5.67. The Balaban J connectivity index is 2.13. The highest BCUT2D eigenvalue weighted by molar-refractivity contribution is 5.81. The molecule has 0 spiro atoms. The van der Waals surface area contributed by atoms with Crippen molar-refractivity contribution >= 4 is 5.91 Å². The summed E-state index contributed by atoms with van der Waals surface area (Å²) in [6.45, 7) is 4.32. The Bertz CT molecular complexity index is 179.